The van der Waals surface area contributed by atoms with Crippen LogP contribution in [0.5, 0.6) is 0 Å². The monoisotopic (exact) mass is 181 g/mol. The fourth-order valence-corrected chi connectivity index (χ4v) is 1.43. The van der Waals surface area contributed by atoms with Gasteiger partial charge in [0.2, 0.25) is 0 Å². The lowest BCUT2D eigenvalue weighted by molar-refractivity contribution is 0.200. The first-order valence-corrected chi connectivity index (χ1v) is 4.20. The van der Waals surface area contributed by atoms with E-state index in [9.17, 15) is 4.79 Å². The Bertz CT molecular complexity index is 343. The van der Waals surface area contributed by atoms with Crippen LogP contribution >= 0.6 is 0 Å². The topological polar surface area (TPSA) is 69.2 Å². The fraction of sp³-hybridized carbons (Fsp3) is 0.500. The number of hydrogen-bond acceptors (Lipinski definition) is 4. The van der Waals surface area contributed by atoms with Gasteiger partial charge in [0, 0.05) is 38.0 Å². The molecule has 70 valence electrons. The van der Waals surface area contributed by atoms with Crippen molar-refractivity contribution in [3.05, 3.63) is 22.7 Å². The van der Waals surface area contributed by atoms with E-state index in [2.05, 4.69) is 9.97 Å². The van der Waals surface area contributed by atoms with E-state index < -0.39 is 0 Å². The Morgan fingerprint density at radius 2 is 2.46 bits per heavy atom. The number of H-pyrrole nitrogens is 1. The van der Waals surface area contributed by atoms with Crippen LogP contribution in [0.15, 0.2) is 17.2 Å². The molecule has 0 spiro atoms. The molecule has 2 N–H and O–H groups in total. The van der Waals surface area contributed by atoms with Crippen molar-refractivity contribution < 1.29 is 5.11 Å². The molecule has 0 aliphatic carbocycles. The van der Waals surface area contributed by atoms with Crippen LogP contribution in [-0.4, -0.2) is 34.8 Å². The van der Waals surface area contributed by atoms with Crippen molar-refractivity contribution in [2.45, 2.75) is 0 Å². The van der Waals surface area contributed by atoms with E-state index in [-0.39, 0.29) is 12.2 Å². The van der Waals surface area contributed by atoms with Crippen molar-refractivity contribution in [3.8, 4) is 0 Å². The van der Waals surface area contributed by atoms with Crippen LogP contribution in [-0.2, 0) is 0 Å². The van der Waals surface area contributed by atoms with Crippen LogP contribution in [0.2, 0.25) is 0 Å². The Labute approximate surface area is 75.0 Å². The fourth-order valence-electron chi connectivity index (χ4n) is 1.43. The van der Waals surface area contributed by atoms with E-state index in [1.54, 1.807) is 6.20 Å². The van der Waals surface area contributed by atoms with Gasteiger partial charge in [0.1, 0.15) is 0 Å². The Morgan fingerprint density at radius 1 is 1.69 bits per heavy atom. The van der Waals surface area contributed by atoms with Crippen molar-refractivity contribution >= 4 is 5.82 Å². The normalized spacial score (nSPS) is 17.2. The third-order valence-electron chi connectivity index (χ3n) is 2.20. The summed E-state index contributed by atoms with van der Waals surface area (Å²) in [6, 6.07) is 0. The summed E-state index contributed by atoms with van der Waals surface area (Å²) in [6.45, 7) is 1.62. The highest BCUT2D eigenvalue weighted by molar-refractivity contribution is 5.38. The highest BCUT2D eigenvalue weighted by atomic mass is 16.3. The molecule has 1 fully saturated rings. The molecule has 1 aromatic heterocycles. The maximum absolute atomic E-state index is 11.2. The molecule has 0 bridgehead atoms. The number of anilines is 1. The van der Waals surface area contributed by atoms with E-state index in [4.69, 9.17) is 5.11 Å². The first kappa shape index (κ1) is 8.25. The lowest BCUT2D eigenvalue weighted by Crippen LogP contribution is -2.50. The van der Waals surface area contributed by atoms with Gasteiger partial charge >= 0.3 is 0 Å². The Morgan fingerprint density at radius 3 is 3.08 bits per heavy atom. The number of hydrogen-bond donors (Lipinski definition) is 2. The number of aromatic amines is 1. The standard InChI is InChI=1S/C8H11N3O2/c12-5-6-3-11(4-6)7-8(13)10-2-1-9-7/h1-2,6,12H,3-5H2,(H,10,13). The molecule has 0 saturated carbocycles. The largest absolute Gasteiger partial charge is 0.396 e. The molecule has 5 nitrogen and oxygen atoms in total. The summed E-state index contributed by atoms with van der Waals surface area (Å²) in [6.07, 6.45) is 3.07. The van der Waals surface area contributed by atoms with Crippen LogP contribution in [0.1, 0.15) is 0 Å². The zero-order valence-electron chi connectivity index (χ0n) is 7.10. The lowest BCUT2D eigenvalue weighted by Gasteiger charge is -2.38. The molecule has 1 aromatic rings. The summed E-state index contributed by atoms with van der Waals surface area (Å²) in [4.78, 5) is 19.6. The van der Waals surface area contributed by atoms with E-state index in [0.717, 1.165) is 13.1 Å². The zero-order chi connectivity index (χ0) is 9.26. The van der Waals surface area contributed by atoms with Crippen molar-refractivity contribution in [2.75, 3.05) is 24.6 Å². The summed E-state index contributed by atoms with van der Waals surface area (Å²) in [5.74, 6) is 0.744. The molecular weight excluding hydrogens is 170 g/mol. The molecule has 0 aromatic carbocycles. The Balaban J connectivity index is 2.12. The third kappa shape index (κ3) is 1.42. The maximum atomic E-state index is 11.2. The molecule has 1 aliphatic rings. The second-order valence-electron chi connectivity index (χ2n) is 3.20. The van der Waals surface area contributed by atoms with Crippen LogP contribution in [0.25, 0.3) is 0 Å². The maximum Gasteiger partial charge on any atom is 0.290 e. The van der Waals surface area contributed by atoms with Crippen LogP contribution in [0.3, 0.4) is 0 Å². The molecule has 2 rings (SSSR count). The summed E-state index contributed by atoms with van der Waals surface area (Å²) in [5.41, 5.74) is -0.168. The number of rotatable bonds is 2. The molecule has 2 heterocycles. The number of nitrogens with zero attached hydrogens (tertiary/aromatic N) is 2. The van der Waals surface area contributed by atoms with E-state index >= 15 is 0 Å². The van der Waals surface area contributed by atoms with Crippen molar-refractivity contribution in [1.29, 1.82) is 0 Å². The second kappa shape index (κ2) is 3.18. The minimum Gasteiger partial charge on any atom is -0.396 e. The van der Waals surface area contributed by atoms with Gasteiger partial charge < -0.3 is 15.0 Å². The average molecular weight is 181 g/mol. The number of aromatic nitrogens is 2. The second-order valence-corrected chi connectivity index (χ2v) is 3.20. The predicted molar refractivity (Wildman–Crippen MR) is 47.6 cm³/mol. The summed E-state index contributed by atoms with van der Waals surface area (Å²) < 4.78 is 0. The zero-order valence-corrected chi connectivity index (χ0v) is 7.10. The Kier molecular flexibility index (Phi) is 2.02. The lowest BCUT2D eigenvalue weighted by atomic mass is 10.0. The summed E-state index contributed by atoms with van der Waals surface area (Å²) >= 11 is 0. The molecular formula is C8H11N3O2. The van der Waals surface area contributed by atoms with E-state index in [0.29, 0.717) is 11.7 Å². The first-order valence-electron chi connectivity index (χ1n) is 4.20. The smallest absolute Gasteiger partial charge is 0.290 e. The van der Waals surface area contributed by atoms with Gasteiger partial charge in [-0.05, 0) is 0 Å². The van der Waals surface area contributed by atoms with Crippen molar-refractivity contribution in [2.24, 2.45) is 5.92 Å². The van der Waals surface area contributed by atoms with Crippen LogP contribution < -0.4 is 10.5 Å². The third-order valence-corrected chi connectivity index (χ3v) is 2.20. The Hall–Kier alpha value is -1.36. The summed E-state index contributed by atoms with van der Waals surface area (Å²) in [7, 11) is 0. The predicted octanol–water partition coefficient (Wildman–Crippen LogP) is -0.802. The number of aliphatic hydroxyl groups excluding tert-OH is 1. The minimum absolute atomic E-state index is 0.168. The molecule has 0 radical (unpaired) electrons. The highest BCUT2D eigenvalue weighted by Crippen LogP contribution is 2.18. The van der Waals surface area contributed by atoms with Gasteiger partial charge in [0.25, 0.3) is 5.56 Å². The van der Waals surface area contributed by atoms with Gasteiger partial charge in [0.05, 0.1) is 0 Å². The van der Waals surface area contributed by atoms with E-state index in [1.165, 1.54) is 6.20 Å². The van der Waals surface area contributed by atoms with Crippen LogP contribution in [0.4, 0.5) is 5.82 Å². The highest BCUT2D eigenvalue weighted by Gasteiger charge is 2.28. The van der Waals surface area contributed by atoms with Gasteiger partial charge in [-0.3, -0.25) is 4.79 Å². The number of aliphatic hydroxyl groups is 1. The molecule has 0 atom stereocenters. The molecule has 1 saturated heterocycles. The van der Waals surface area contributed by atoms with Gasteiger partial charge in [-0.25, -0.2) is 4.98 Å². The molecule has 5 heteroatoms. The van der Waals surface area contributed by atoms with Gasteiger partial charge in [-0.1, -0.05) is 0 Å². The van der Waals surface area contributed by atoms with Gasteiger partial charge in [-0.2, -0.15) is 0 Å². The van der Waals surface area contributed by atoms with Gasteiger partial charge in [-0.15, -0.1) is 0 Å². The van der Waals surface area contributed by atoms with E-state index in [1.807, 2.05) is 4.90 Å². The molecule has 1 aliphatic heterocycles. The van der Waals surface area contributed by atoms with Crippen molar-refractivity contribution in [3.63, 3.8) is 0 Å². The first-order chi connectivity index (χ1) is 6.31. The number of nitrogens with one attached hydrogen (secondary N) is 1. The molecule has 0 amide bonds. The minimum atomic E-state index is -0.168. The average Bonchev–Trinajstić information content (AvgIpc) is 2.06. The molecule has 13 heavy (non-hydrogen) atoms. The molecule has 0 unspecified atom stereocenters. The van der Waals surface area contributed by atoms with Crippen molar-refractivity contribution in [1.82, 2.24) is 9.97 Å². The van der Waals surface area contributed by atoms with Gasteiger partial charge in [0.15, 0.2) is 5.82 Å². The SMILES string of the molecule is O=c1[nH]ccnc1N1CC(CO)C1. The summed E-state index contributed by atoms with van der Waals surface area (Å²) in [5, 5.41) is 8.79. The van der Waals surface area contributed by atoms with Crippen LogP contribution in [0, 0.1) is 5.92 Å². The quantitative estimate of drug-likeness (QED) is 0.626.